The molecule has 108 valence electrons. The van der Waals surface area contributed by atoms with Crippen molar-refractivity contribution in [1.29, 1.82) is 0 Å². The molecule has 0 aromatic rings. The molecule has 0 aromatic heterocycles. The Labute approximate surface area is 109 Å². The molecule has 1 saturated heterocycles. The van der Waals surface area contributed by atoms with Gasteiger partial charge in [0, 0.05) is 19.7 Å². The van der Waals surface area contributed by atoms with Gasteiger partial charge in [-0.25, -0.2) is 8.42 Å². The van der Waals surface area contributed by atoms with Crippen LogP contribution in [0.25, 0.3) is 0 Å². The van der Waals surface area contributed by atoms with E-state index in [1.807, 2.05) is 20.8 Å². The van der Waals surface area contributed by atoms with Gasteiger partial charge in [0.15, 0.2) is 0 Å². The summed E-state index contributed by atoms with van der Waals surface area (Å²) in [6.45, 7) is 6.49. The van der Waals surface area contributed by atoms with Crippen molar-refractivity contribution in [2.75, 3.05) is 38.7 Å². The molecule has 0 amide bonds. The second-order valence-electron chi connectivity index (χ2n) is 4.99. The monoisotopic (exact) mass is 281 g/mol. The topological polar surface area (TPSA) is 76.1 Å². The van der Waals surface area contributed by atoms with Crippen molar-refractivity contribution >= 4 is 10.0 Å². The summed E-state index contributed by atoms with van der Waals surface area (Å²) in [5, 5.41) is 9.15. The summed E-state index contributed by atoms with van der Waals surface area (Å²) in [6, 6.07) is 0. The third-order valence-corrected chi connectivity index (χ3v) is 4.48. The van der Waals surface area contributed by atoms with E-state index < -0.39 is 21.7 Å². The Morgan fingerprint density at radius 3 is 2.72 bits per heavy atom. The van der Waals surface area contributed by atoms with Gasteiger partial charge in [0.1, 0.15) is 0 Å². The molecule has 1 heterocycles. The molecule has 1 unspecified atom stereocenters. The highest BCUT2D eigenvalue weighted by Crippen LogP contribution is 2.23. The fourth-order valence-corrected chi connectivity index (χ4v) is 3.47. The molecule has 6 nitrogen and oxygen atoms in total. The molecular formula is C11H23NO5S. The van der Waals surface area contributed by atoms with Gasteiger partial charge < -0.3 is 14.6 Å². The lowest BCUT2D eigenvalue weighted by molar-refractivity contribution is -0.131. The molecular weight excluding hydrogens is 258 g/mol. The van der Waals surface area contributed by atoms with Crippen molar-refractivity contribution in [3.05, 3.63) is 0 Å². The van der Waals surface area contributed by atoms with E-state index in [1.165, 1.54) is 4.31 Å². The SMILES string of the molecule is CCOCCS(=O)(=O)N1CC(CO)OC(C)(C)C1. The summed E-state index contributed by atoms with van der Waals surface area (Å²) in [6.07, 6.45) is -0.462. The van der Waals surface area contributed by atoms with Crippen molar-refractivity contribution in [3.63, 3.8) is 0 Å². The van der Waals surface area contributed by atoms with E-state index in [2.05, 4.69) is 0 Å². The maximum Gasteiger partial charge on any atom is 0.216 e. The molecule has 0 aromatic carbocycles. The van der Waals surface area contributed by atoms with Gasteiger partial charge in [0.25, 0.3) is 0 Å². The second kappa shape index (κ2) is 6.29. The number of aliphatic hydroxyl groups is 1. The molecule has 7 heteroatoms. The highest BCUT2D eigenvalue weighted by atomic mass is 32.2. The maximum atomic E-state index is 12.1. The predicted molar refractivity (Wildman–Crippen MR) is 67.9 cm³/mol. The van der Waals surface area contributed by atoms with E-state index in [0.29, 0.717) is 13.2 Å². The molecule has 0 bridgehead atoms. The Hall–Kier alpha value is -0.210. The van der Waals surface area contributed by atoms with Gasteiger partial charge in [-0.2, -0.15) is 4.31 Å². The lowest BCUT2D eigenvalue weighted by Crippen LogP contribution is -2.56. The summed E-state index contributed by atoms with van der Waals surface area (Å²) in [7, 11) is -3.35. The molecule has 0 spiro atoms. The zero-order chi connectivity index (χ0) is 13.8. The van der Waals surface area contributed by atoms with Crippen LogP contribution >= 0.6 is 0 Å². The average molecular weight is 281 g/mol. The van der Waals surface area contributed by atoms with E-state index in [4.69, 9.17) is 14.6 Å². The standard InChI is InChI=1S/C11H23NO5S/c1-4-16-5-6-18(14,15)12-7-10(8-13)17-11(2,3)9-12/h10,13H,4-9H2,1-3H3. The summed E-state index contributed by atoms with van der Waals surface area (Å²) in [4.78, 5) is 0. The summed E-state index contributed by atoms with van der Waals surface area (Å²) in [5.74, 6) is -0.0327. The molecule has 1 N–H and O–H groups in total. The van der Waals surface area contributed by atoms with Crippen molar-refractivity contribution in [3.8, 4) is 0 Å². The van der Waals surface area contributed by atoms with Crippen molar-refractivity contribution < 1.29 is 23.0 Å². The minimum atomic E-state index is -3.35. The Kier molecular flexibility index (Phi) is 5.54. The van der Waals surface area contributed by atoms with Crippen LogP contribution < -0.4 is 0 Å². The van der Waals surface area contributed by atoms with Gasteiger partial charge in [-0.15, -0.1) is 0 Å². The van der Waals surface area contributed by atoms with E-state index in [9.17, 15) is 8.42 Å². The fourth-order valence-electron chi connectivity index (χ4n) is 1.99. The van der Waals surface area contributed by atoms with Gasteiger partial charge in [-0.1, -0.05) is 0 Å². The maximum absolute atomic E-state index is 12.1. The number of rotatable bonds is 6. The van der Waals surface area contributed by atoms with Crippen LogP contribution in [0.15, 0.2) is 0 Å². The molecule has 0 radical (unpaired) electrons. The predicted octanol–water partition coefficient (Wildman–Crippen LogP) is -0.176. The van der Waals surface area contributed by atoms with Crippen LogP contribution in [-0.2, 0) is 19.5 Å². The molecule has 0 aliphatic carbocycles. The number of nitrogens with zero attached hydrogens (tertiary/aromatic N) is 1. The Morgan fingerprint density at radius 1 is 1.50 bits per heavy atom. The first-order valence-electron chi connectivity index (χ1n) is 6.15. The quantitative estimate of drug-likeness (QED) is 0.684. The first kappa shape index (κ1) is 15.8. The van der Waals surface area contributed by atoms with Gasteiger partial charge in [-0.05, 0) is 20.8 Å². The van der Waals surface area contributed by atoms with Crippen LogP contribution in [0.4, 0.5) is 0 Å². The second-order valence-corrected chi connectivity index (χ2v) is 7.08. The molecule has 0 saturated carbocycles. The van der Waals surface area contributed by atoms with Crippen LogP contribution in [-0.4, -0.2) is 68.2 Å². The molecule has 1 rings (SSSR count). The Morgan fingerprint density at radius 2 is 2.17 bits per heavy atom. The fraction of sp³-hybridized carbons (Fsp3) is 1.00. The number of hydrogen-bond acceptors (Lipinski definition) is 5. The van der Waals surface area contributed by atoms with Gasteiger partial charge in [-0.3, -0.25) is 0 Å². The van der Waals surface area contributed by atoms with Crippen LogP contribution in [0.2, 0.25) is 0 Å². The van der Waals surface area contributed by atoms with Gasteiger partial charge >= 0.3 is 0 Å². The number of morpholine rings is 1. The minimum Gasteiger partial charge on any atom is -0.394 e. The number of aliphatic hydroxyl groups excluding tert-OH is 1. The van der Waals surface area contributed by atoms with Crippen molar-refractivity contribution in [2.24, 2.45) is 0 Å². The number of ether oxygens (including phenoxy) is 2. The molecule has 1 atom stereocenters. The number of hydrogen-bond donors (Lipinski definition) is 1. The minimum absolute atomic E-state index is 0.0327. The van der Waals surface area contributed by atoms with Crippen molar-refractivity contribution in [2.45, 2.75) is 32.5 Å². The first-order valence-corrected chi connectivity index (χ1v) is 7.76. The third kappa shape index (κ3) is 4.47. The van der Waals surface area contributed by atoms with Crippen LogP contribution in [0.5, 0.6) is 0 Å². The molecule has 18 heavy (non-hydrogen) atoms. The summed E-state index contributed by atoms with van der Waals surface area (Å²) in [5.41, 5.74) is -0.579. The molecule has 1 aliphatic rings. The Bertz CT molecular complexity index is 354. The zero-order valence-electron chi connectivity index (χ0n) is 11.3. The Balaban J connectivity index is 2.68. The zero-order valence-corrected chi connectivity index (χ0v) is 12.1. The van der Waals surface area contributed by atoms with E-state index >= 15 is 0 Å². The highest BCUT2D eigenvalue weighted by molar-refractivity contribution is 7.89. The lowest BCUT2D eigenvalue weighted by atomic mass is 10.1. The number of sulfonamides is 1. The molecule has 1 fully saturated rings. The third-order valence-electron chi connectivity index (χ3n) is 2.74. The highest BCUT2D eigenvalue weighted by Gasteiger charge is 2.38. The summed E-state index contributed by atoms with van der Waals surface area (Å²) < 4.78 is 36.3. The van der Waals surface area contributed by atoms with E-state index in [1.54, 1.807) is 0 Å². The smallest absolute Gasteiger partial charge is 0.216 e. The lowest BCUT2D eigenvalue weighted by Gasteiger charge is -2.41. The molecule has 1 aliphatic heterocycles. The summed E-state index contributed by atoms with van der Waals surface area (Å²) >= 11 is 0. The first-order chi connectivity index (χ1) is 8.30. The average Bonchev–Trinajstić information content (AvgIpc) is 2.27. The largest absolute Gasteiger partial charge is 0.394 e. The van der Waals surface area contributed by atoms with Gasteiger partial charge in [0.2, 0.25) is 10.0 Å². The van der Waals surface area contributed by atoms with E-state index in [0.717, 1.165) is 0 Å². The van der Waals surface area contributed by atoms with Gasteiger partial charge in [0.05, 0.1) is 30.7 Å². The normalized spacial score (nSPS) is 25.2. The van der Waals surface area contributed by atoms with Crippen molar-refractivity contribution in [1.82, 2.24) is 4.31 Å². The van der Waals surface area contributed by atoms with Crippen LogP contribution in [0, 0.1) is 0 Å². The van der Waals surface area contributed by atoms with E-state index in [-0.39, 0.29) is 25.5 Å². The van der Waals surface area contributed by atoms with Crippen LogP contribution in [0.1, 0.15) is 20.8 Å². The van der Waals surface area contributed by atoms with Crippen LogP contribution in [0.3, 0.4) is 0 Å².